The highest BCUT2D eigenvalue weighted by Gasteiger charge is 2.38. The molecule has 1 aromatic carbocycles. The lowest BCUT2D eigenvalue weighted by Gasteiger charge is -2.34. The van der Waals surface area contributed by atoms with Gasteiger partial charge in [-0.1, -0.05) is 29.3 Å². The Bertz CT molecular complexity index is 604. The van der Waals surface area contributed by atoms with Crippen molar-refractivity contribution in [2.75, 3.05) is 19.6 Å². The normalized spacial score (nSPS) is 26.2. The highest BCUT2D eigenvalue weighted by molar-refractivity contribution is 7.89. The van der Waals surface area contributed by atoms with Crippen molar-refractivity contribution in [3.8, 4) is 0 Å². The second-order valence-electron chi connectivity index (χ2n) is 5.31. The van der Waals surface area contributed by atoms with Crippen LogP contribution < -0.4 is 5.32 Å². The fraction of sp³-hybridized carbons (Fsp3) is 0.538. The lowest BCUT2D eigenvalue weighted by Crippen LogP contribution is -2.46. The van der Waals surface area contributed by atoms with E-state index in [4.69, 9.17) is 23.2 Å². The largest absolute Gasteiger partial charge is 0.314 e. The van der Waals surface area contributed by atoms with E-state index in [1.165, 1.54) is 4.31 Å². The van der Waals surface area contributed by atoms with Gasteiger partial charge in [-0.2, -0.15) is 4.31 Å². The summed E-state index contributed by atoms with van der Waals surface area (Å²) in [7, 11) is -3.62. The number of halogens is 3. The number of nitrogens with zero attached hydrogens (tertiary/aromatic N) is 1. The summed E-state index contributed by atoms with van der Waals surface area (Å²) >= 11 is 12.1. The average molecular weight is 372 g/mol. The van der Waals surface area contributed by atoms with E-state index in [1.54, 1.807) is 18.2 Å². The molecular formula is C13H17Cl3N2O2S. The lowest BCUT2D eigenvalue weighted by atomic mass is 9.95. The Balaban J connectivity index is 0.00000161. The zero-order chi connectivity index (χ0) is 14.3. The molecule has 2 heterocycles. The summed E-state index contributed by atoms with van der Waals surface area (Å²) in [6.45, 7) is 2.02. The van der Waals surface area contributed by atoms with Crippen LogP contribution in [-0.2, 0) is 10.0 Å². The van der Waals surface area contributed by atoms with Crippen LogP contribution in [0, 0.1) is 5.92 Å². The van der Waals surface area contributed by atoms with Crippen molar-refractivity contribution >= 4 is 45.6 Å². The molecular weight excluding hydrogens is 355 g/mol. The van der Waals surface area contributed by atoms with Gasteiger partial charge in [0, 0.05) is 19.1 Å². The molecule has 8 heteroatoms. The summed E-state index contributed by atoms with van der Waals surface area (Å²) < 4.78 is 27.0. The van der Waals surface area contributed by atoms with E-state index in [0.29, 0.717) is 25.0 Å². The van der Waals surface area contributed by atoms with E-state index in [1.807, 2.05) is 0 Å². The van der Waals surface area contributed by atoms with Crippen LogP contribution in [0.15, 0.2) is 23.1 Å². The summed E-state index contributed by atoms with van der Waals surface area (Å²) in [5, 5.41) is 3.79. The minimum absolute atomic E-state index is 0. The third-order valence-electron chi connectivity index (χ3n) is 4.14. The average Bonchev–Trinajstić information content (AvgIpc) is 2.85. The van der Waals surface area contributed by atoms with Gasteiger partial charge in [-0.3, -0.25) is 0 Å². The highest BCUT2D eigenvalue weighted by atomic mass is 35.5. The van der Waals surface area contributed by atoms with Crippen LogP contribution >= 0.6 is 35.6 Å². The summed E-state index contributed by atoms with van der Waals surface area (Å²) in [4.78, 5) is 0.0349. The molecule has 21 heavy (non-hydrogen) atoms. The van der Waals surface area contributed by atoms with Crippen molar-refractivity contribution in [3.63, 3.8) is 0 Å². The van der Waals surface area contributed by atoms with Crippen LogP contribution in [0.4, 0.5) is 0 Å². The molecule has 0 aromatic heterocycles. The van der Waals surface area contributed by atoms with E-state index in [-0.39, 0.29) is 27.3 Å². The molecule has 2 atom stereocenters. The maximum Gasteiger partial charge on any atom is 0.246 e. The van der Waals surface area contributed by atoms with Gasteiger partial charge in [0.25, 0.3) is 0 Å². The smallest absolute Gasteiger partial charge is 0.246 e. The van der Waals surface area contributed by atoms with E-state index in [2.05, 4.69) is 5.32 Å². The molecule has 2 aliphatic rings. The number of nitrogens with one attached hydrogen (secondary N) is 1. The quantitative estimate of drug-likeness (QED) is 0.869. The molecule has 1 aromatic rings. The molecule has 2 aliphatic heterocycles. The third kappa shape index (κ3) is 3.19. The third-order valence-corrected chi connectivity index (χ3v) is 6.96. The first kappa shape index (κ1) is 17.3. The van der Waals surface area contributed by atoms with Gasteiger partial charge in [0.1, 0.15) is 4.90 Å². The Labute approximate surface area is 141 Å². The lowest BCUT2D eigenvalue weighted by molar-refractivity contribution is 0.247. The molecule has 1 N–H and O–H groups in total. The number of piperidine rings is 1. The molecule has 0 radical (unpaired) electrons. The first-order valence-electron chi connectivity index (χ1n) is 6.67. The summed E-state index contributed by atoms with van der Waals surface area (Å²) in [6.07, 6.45) is 1.86. The van der Waals surface area contributed by atoms with Crippen LogP contribution in [0.3, 0.4) is 0 Å². The topological polar surface area (TPSA) is 49.4 Å². The molecule has 0 amide bonds. The molecule has 2 saturated heterocycles. The van der Waals surface area contributed by atoms with Crippen LogP contribution in [0.5, 0.6) is 0 Å². The maximum absolute atomic E-state index is 12.8. The molecule has 2 fully saturated rings. The monoisotopic (exact) mass is 370 g/mol. The minimum Gasteiger partial charge on any atom is -0.314 e. The Kier molecular flexibility index (Phi) is 5.45. The summed E-state index contributed by atoms with van der Waals surface area (Å²) in [5.74, 6) is 0.389. The van der Waals surface area contributed by atoms with Gasteiger partial charge in [-0.25, -0.2) is 8.42 Å². The first-order valence-corrected chi connectivity index (χ1v) is 8.87. The Morgan fingerprint density at radius 2 is 1.86 bits per heavy atom. The van der Waals surface area contributed by atoms with Gasteiger partial charge in [-0.15, -0.1) is 12.4 Å². The van der Waals surface area contributed by atoms with Crippen LogP contribution in [0.25, 0.3) is 0 Å². The number of benzene rings is 1. The molecule has 2 unspecified atom stereocenters. The molecule has 0 bridgehead atoms. The SMILES string of the molecule is Cl.O=S(=O)(c1c(Cl)cccc1Cl)N1CCC2NCCC2C1. The Morgan fingerprint density at radius 3 is 2.52 bits per heavy atom. The van der Waals surface area contributed by atoms with Gasteiger partial charge in [-0.05, 0) is 37.4 Å². The molecule has 4 nitrogen and oxygen atoms in total. The molecule has 118 valence electrons. The second kappa shape index (κ2) is 6.60. The number of hydrogen-bond donors (Lipinski definition) is 1. The Hall–Kier alpha value is -0.0400. The summed E-state index contributed by atoms with van der Waals surface area (Å²) in [5.41, 5.74) is 0. The van der Waals surface area contributed by atoms with E-state index < -0.39 is 10.0 Å². The van der Waals surface area contributed by atoms with Crippen molar-refractivity contribution in [1.82, 2.24) is 9.62 Å². The van der Waals surface area contributed by atoms with Crippen LogP contribution in [-0.4, -0.2) is 38.4 Å². The van der Waals surface area contributed by atoms with Crippen molar-refractivity contribution in [2.45, 2.75) is 23.8 Å². The molecule has 0 saturated carbocycles. The molecule has 3 rings (SSSR count). The number of sulfonamides is 1. The molecule has 0 spiro atoms. The van der Waals surface area contributed by atoms with Gasteiger partial charge in [0.2, 0.25) is 10.0 Å². The van der Waals surface area contributed by atoms with Crippen molar-refractivity contribution in [1.29, 1.82) is 0 Å². The number of fused-ring (bicyclic) bond motifs is 1. The number of hydrogen-bond acceptors (Lipinski definition) is 3. The zero-order valence-corrected chi connectivity index (χ0v) is 14.4. The van der Waals surface area contributed by atoms with Gasteiger partial charge < -0.3 is 5.32 Å². The van der Waals surface area contributed by atoms with E-state index in [0.717, 1.165) is 19.4 Å². The predicted molar refractivity (Wildman–Crippen MR) is 87.0 cm³/mol. The second-order valence-corrected chi connectivity index (χ2v) is 8.00. The van der Waals surface area contributed by atoms with Gasteiger partial charge in [0.15, 0.2) is 0 Å². The Morgan fingerprint density at radius 1 is 1.19 bits per heavy atom. The van der Waals surface area contributed by atoms with Crippen molar-refractivity contribution < 1.29 is 8.42 Å². The predicted octanol–water partition coefficient (Wildman–Crippen LogP) is 2.79. The van der Waals surface area contributed by atoms with E-state index >= 15 is 0 Å². The maximum atomic E-state index is 12.8. The minimum atomic E-state index is -3.62. The van der Waals surface area contributed by atoms with Crippen molar-refractivity contribution in [2.24, 2.45) is 5.92 Å². The molecule has 0 aliphatic carbocycles. The van der Waals surface area contributed by atoms with Gasteiger partial charge >= 0.3 is 0 Å². The van der Waals surface area contributed by atoms with E-state index in [9.17, 15) is 8.42 Å². The fourth-order valence-electron chi connectivity index (χ4n) is 3.09. The van der Waals surface area contributed by atoms with Crippen molar-refractivity contribution in [3.05, 3.63) is 28.2 Å². The zero-order valence-electron chi connectivity index (χ0n) is 11.3. The highest BCUT2D eigenvalue weighted by Crippen LogP contribution is 2.34. The van der Waals surface area contributed by atoms with Crippen LogP contribution in [0.1, 0.15) is 12.8 Å². The fourth-order valence-corrected chi connectivity index (χ4v) is 5.69. The van der Waals surface area contributed by atoms with Gasteiger partial charge in [0.05, 0.1) is 10.0 Å². The van der Waals surface area contributed by atoms with Crippen LogP contribution in [0.2, 0.25) is 10.0 Å². The number of rotatable bonds is 2. The first-order chi connectivity index (χ1) is 9.50. The standard InChI is InChI=1S/C13H16Cl2N2O2S.ClH/c14-10-2-1-3-11(15)13(10)20(18,19)17-7-5-12-9(8-17)4-6-16-12;/h1-3,9,12,16H,4-8H2;1H. The summed E-state index contributed by atoms with van der Waals surface area (Å²) in [6, 6.07) is 5.22.